The van der Waals surface area contributed by atoms with E-state index in [0.29, 0.717) is 12.1 Å². The summed E-state index contributed by atoms with van der Waals surface area (Å²) in [6.45, 7) is 8.88. The van der Waals surface area contributed by atoms with Crippen molar-refractivity contribution in [1.29, 1.82) is 0 Å². The van der Waals surface area contributed by atoms with E-state index in [1.807, 2.05) is 0 Å². The van der Waals surface area contributed by atoms with Crippen molar-refractivity contribution in [1.82, 2.24) is 10.2 Å². The molecule has 0 saturated carbocycles. The van der Waals surface area contributed by atoms with E-state index >= 15 is 0 Å². The second-order valence-electron chi connectivity index (χ2n) is 6.52. The van der Waals surface area contributed by atoms with Crippen LogP contribution in [0.5, 0.6) is 0 Å². The van der Waals surface area contributed by atoms with Gasteiger partial charge in [0.25, 0.3) is 0 Å². The minimum atomic E-state index is 0.385. The van der Waals surface area contributed by atoms with Crippen molar-refractivity contribution in [3.8, 4) is 0 Å². The Hall–Kier alpha value is -0.120. The molecule has 0 aromatic rings. The normalized spacial score (nSPS) is 21.6. The van der Waals surface area contributed by atoms with Crippen molar-refractivity contribution in [3.63, 3.8) is 0 Å². The smallest absolute Gasteiger partial charge is 0.0855 e. The summed E-state index contributed by atoms with van der Waals surface area (Å²) >= 11 is 0. The van der Waals surface area contributed by atoms with Crippen molar-refractivity contribution < 1.29 is 4.74 Å². The van der Waals surface area contributed by atoms with E-state index in [-0.39, 0.29) is 0 Å². The van der Waals surface area contributed by atoms with Crippen molar-refractivity contribution in [3.05, 3.63) is 0 Å². The number of ether oxygens (including phenoxy) is 1. The van der Waals surface area contributed by atoms with Crippen molar-refractivity contribution in [2.75, 3.05) is 33.3 Å². The van der Waals surface area contributed by atoms with Crippen LogP contribution in [0.2, 0.25) is 0 Å². The summed E-state index contributed by atoms with van der Waals surface area (Å²) in [7, 11) is 2.09. The highest BCUT2D eigenvalue weighted by Gasteiger charge is 2.26. The molecule has 1 fully saturated rings. The molecule has 0 radical (unpaired) electrons. The van der Waals surface area contributed by atoms with E-state index in [2.05, 4.69) is 31.1 Å². The Kier molecular flexibility index (Phi) is 11.2. The molecular formula is C18H38N2O. The number of likely N-dealkylation sites (N-methyl/N-ethyl adjacent to an activating group) is 1. The third-order valence-electron chi connectivity index (χ3n) is 4.66. The maximum absolute atomic E-state index is 6.01. The predicted molar refractivity (Wildman–Crippen MR) is 91.9 cm³/mol. The maximum Gasteiger partial charge on any atom is 0.0855 e. The largest absolute Gasteiger partial charge is 0.374 e. The zero-order valence-electron chi connectivity index (χ0n) is 14.7. The zero-order chi connectivity index (χ0) is 15.3. The lowest BCUT2D eigenvalue weighted by Gasteiger charge is -2.37. The average molecular weight is 299 g/mol. The van der Waals surface area contributed by atoms with Crippen LogP contribution < -0.4 is 5.32 Å². The molecule has 1 saturated heterocycles. The summed E-state index contributed by atoms with van der Waals surface area (Å²) in [5.74, 6) is 0. The monoisotopic (exact) mass is 298 g/mol. The Balaban J connectivity index is 2.15. The fourth-order valence-corrected chi connectivity index (χ4v) is 3.33. The SMILES string of the molecule is CCCCCCCCCC(NC)C1CN(CCC)CCO1. The Labute approximate surface area is 132 Å². The second kappa shape index (κ2) is 12.4. The quantitative estimate of drug-likeness (QED) is 0.554. The van der Waals surface area contributed by atoms with Crippen LogP contribution in [0.25, 0.3) is 0 Å². The lowest BCUT2D eigenvalue weighted by Crippen LogP contribution is -2.51. The second-order valence-corrected chi connectivity index (χ2v) is 6.52. The number of nitrogens with one attached hydrogen (secondary N) is 1. The molecule has 2 atom stereocenters. The van der Waals surface area contributed by atoms with Gasteiger partial charge in [-0.1, -0.05) is 58.8 Å². The van der Waals surface area contributed by atoms with Gasteiger partial charge in [-0.05, 0) is 26.4 Å². The number of rotatable bonds is 12. The standard InChI is InChI=1S/C18H38N2O/c1-4-6-7-8-9-10-11-12-17(19-3)18-16-20(13-5-2)14-15-21-18/h17-19H,4-16H2,1-3H3. The highest BCUT2D eigenvalue weighted by molar-refractivity contribution is 4.82. The first-order valence-corrected chi connectivity index (χ1v) is 9.33. The summed E-state index contributed by atoms with van der Waals surface area (Å²) in [5, 5.41) is 3.49. The Morgan fingerprint density at radius 1 is 1.05 bits per heavy atom. The molecule has 3 nitrogen and oxygen atoms in total. The highest BCUT2D eigenvalue weighted by Crippen LogP contribution is 2.15. The molecule has 1 heterocycles. The zero-order valence-corrected chi connectivity index (χ0v) is 14.7. The van der Waals surface area contributed by atoms with Gasteiger partial charge in [-0.3, -0.25) is 4.90 Å². The highest BCUT2D eigenvalue weighted by atomic mass is 16.5. The van der Waals surface area contributed by atoms with Gasteiger partial charge < -0.3 is 10.1 Å². The Morgan fingerprint density at radius 2 is 1.76 bits per heavy atom. The molecule has 3 heteroatoms. The third kappa shape index (κ3) is 8.18. The molecule has 2 unspecified atom stereocenters. The molecule has 1 aliphatic heterocycles. The number of hydrogen-bond donors (Lipinski definition) is 1. The molecule has 1 rings (SSSR count). The van der Waals surface area contributed by atoms with E-state index in [0.717, 1.165) is 19.7 Å². The lowest BCUT2D eigenvalue weighted by molar-refractivity contribution is -0.0467. The van der Waals surface area contributed by atoms with Crippen LogP contribution in [0.1, 0.15) is 71.6 Å². The van der Waals surface area contributed by atoms with Gasteiger partial charge in [0.1, 0.15) is 0 Å². The minimum Gasteiger partial charge on any atom is -0.374 e. The number of morpholine rings is 1. The molecule has 0 spiro atoms. The fraction of sp³-hybridized carbons (Fsp3) is 1.00. The maximum atomic E-state index is 6.01. The first kappa shape index (κ1) is 18.9. The van der Waals surface area contributed by atoms with Gasteiger partial charge in [-0.15, -0.1) is 0 Å². The van der Waals surface area contributed by atoms with E-state index in [4.69, 9.17) is 4.74 Å². The Bertz CT molecular complexity index is 233. The van der Waals surface area contributed by atoms with E-state index in [9.17, 15) is 0 Å². The Morgan fingerprint density at radius 3 is 2.43 bits per heavy atom. The average Bonchev–Trinajstić information content (AvgIpc) is 2.51. The molecule has 0 aliphatic carbocycles. The number of unbranched alkanes of at least 4 members (excludes halogenated alkanes) is 6. The van der Waals surface area contributed by atoms with Gasteiger partial charge in [0.2, 0.25) is 0 Å². The van der Waals surface area contributed by atoms with Gasteiger partial charge in [-0.25, -0.2) is 0 Å². The summed E-state index contributed by atoms with van der Waals surface area (Å²) in [6.07, 6.45) is 12.6. The van der Waals surface area contributed by atoms with Crippen LogP contribution in [0, 0.1) is 0 Å². The van der Waals surface area contributed by atoms with Crippen LogP contribution in [0.3, 0.4) is 0 Å². The van der Waals surface area contributed by atoms with Crippen LogP contribution in [0.4, 0.5) is 0 Å². The molecule has 1 N–H and O–H groups in total. The molecule has 126 valence electrons. The number of hydrogen-bond acceptors (Lipinski definition) is 3. The molecule has 0 amide bonds. The van der Waals surface area contributed by atoms with E-state index < -0.39 is 0 Å². The third-order valence-corrected chi connectivity index (χ3v) is 4.66. The van der Waals surface area contributed by atoms with Crippen LogP contribution in [-0.4, -0.2) is 50.3 Å². The molecule has 21 heavy (non-hydrogen) atoms. The summed E-state index contributed by atoms with van der Waals surface area (Å²) in [4.78, 5) is 2.56. The van der Waals surface area contributed by atoms with E-state index in [1.54, 1.807) is 0 Å². The molecule has 0 bridgehead atoms. The van der Waals surface area contributed by atoms with Crippen LogP contribution in [-0.2, 0) is 4.74 Å². The predicted octanol–water partition coefficient (Wildman–Crippen LogP) is 3.83. The molecule has 0 aromatic carbocycles. The molecular weight excluding hydrogens is 260 g/mol. The summed E-state index contributed by atoms with van der Waals surface area (Å²) in [5.41, 5.74) is 0. The van der Waals surface area contributed by atoms with E-state index in [1.165, 1.54) is 64.3 Å². The number of nitrogens with zero attached hydrogens (tertiary/aromatic N) is 1. The van der Waals surface area contributed by atoms with Gasteiger partial charge in [0, 0.05) is 19.1 Å². The first-order chi connectivity index (χ1) is 10.3. The summed E-state index contributed by atoms with van der Waals surface area (Å²) in [6, 6.07) is 0.528. The van der Waals surface area contributed by atoms with Gasteiger partial charge in [0.05, 0.1) is 12.7 Å². The molecule has 1 aliphatic rings. The van der Waals surface area contributed by atoms with Crippen molar-refractivity contribution in [2.45, 2.75) is 83.8 Å². The van der Waals surface area contributed by atoms with Crippen molar-refractivity contribution in [2.24, 2.45) is 0 Å². The first-order valence-electron chi connectivity index (χ1n) is 9.33. The van der Waals surface area contributed by atoms with Gasteiger partial charge >= 0.3 is 0 Å². The van der Waals surface area contributed by atoms with Crippen molar-refractivity contribution >= 4 is 0 Å². The fourth-order valence-electron chi connectivity index (χ4n) is 3.33. The van der Waals surface area contributed by atoms with Gasteiger partial charge in [-0.2, -0.15) is 0 Å². The summed E-state index contributed by atoms with van der Waals surface area (Å²) < 4.78 is 6.01. The van der Waals surface area contributed by atoms with Crippen LogP contribution >= 0.6 is 0 Å². The van der Waals surface area contributed by atoms with Crippen LogP contribution in [0.15, 0.2) is 0 Å². The minimum absolute atomic E-state index is 0.385. The lowest BCUT2D eigenvalue weighted by atomic mass is 10.0. The molecule has 0 aromatic heterocycles. The van der Waals surface area contributed by atoms with Gasteiger partial charge in [0.15, 0.2) is 0 Å². The topological polar surface area (TPSA) is 24.5 Å².